The van der Waals surface area contributed by atoms with Crippen LogP contribution in [0.5, 0.6) is 5.75 Å². The number of allylic oxidation sites excluding steroid dienone is 1. The van der Waals surface area contributed by atoms with E-state index in [1.807, 2.05) is 25.1 Å². The summed E-state index contributed by atoms with van der Waals surface area (Å²) in [4.78, 5) is 0. The van der Waals surface area contributed by atoms with Gasteiger partial charge in [0.05, 0.1) is 0 Å². The first kappa shape index (κ1) is 18.8. The van der Waals surface area contributed by atoms with Crippen molar-refractivity contribution in [2.75, 3.05) is 13.7 Å². The summed E-state index contributed by atoms with van der Waals surface area (Å²) in [6, 6.07) is 11.8. The Morgan fingerprint density at radius 3 is 2.60 bits per heavy atom. The smallest absolute Gasteiger partial charge is 0.115 e. The number of benzene rings is 2. The Kier molecular flexibility index (Phi) is 6.44. The predicted molar refractivity (Wildman–Crippen MR) is 106 cm³/mol. The lowest BCUT2D eigenvalue weighted by Crippen LogP contribution is -1.98. The molecule has 0 saturated heterocycles. The van der Waals surface area contributed by atoms with Crippen LogP contribution in [0.15, 0.2) is 43.0 Å². The van der Waals surface area contributed by atoms with Gasteiger partial charge in [-0.1, -0.05) is 50.0 Å². The Morgan fingerprint density at radius 2 is 1.96 bits per heavy atom. The molecule has 2 heteroatoms. The fourth-order valence-corrected chi connectivity index (χ4v) is 2.85. The summed E-state index contributed by atoms with van der Waals surface area (Å²) in [5.41, 5.74) is 6.43. The number of aromatic hydroxyl groups is 1. The van der Waals surface area contributed by atoms with E-state index in [2.05, 4.69) is 44.4 Å². The summed E-state index contributed by atoms with van der Waals surface area (Å²) in [5, 5.41) is 9.95. The molecule has 0 radical (unpaired) electrons. The van der Waals surface area contributed by atoms with Gasteiger partial charge < -0.3 is 9.84 Å². The Morgan fingerprint density at radius 1 is 1.20 bits per heavy atom. The molecular formula is C23H26O2. The molecule has 2 aromatic rings. The molecule has 25 heavy (non-hydrogen) atoms. The van der Waals surface area contributed by atoms with Crippen LogP contribution in [-0.2, 0) is 4.74 Å². The molecule has 1 N–H and O–H groups in total. The van der Waals surface area contributed by atoms with Crippen molar-refractivity contribution in [2.24, 2.45) is 0 Å². The van der Waals surface area contributed by atoms with Crippen LogP contribution in [0.4, 0.5) is 0 Å². The van der Waals surface area contributed by atoms with E-state index < -0.39 is 0 Å². The molecule has 2 nitrogen and oxygen atoms in total. The Balaban J connectivity index is 2.66. The zero-order chi connectivity index (χ0) is 18.4. The topological polar surface area (TPSA) is 29.5 Å². The first-order chi connectivity index (χ1) is 12.0. The largest absolute Gasteiger partial charge is 0.508 e. The monoisotopic (exact) mass is 334 g/mol. The molecule has 0 aliphatic rings. The van der Waals surface area contributed by atoms with E-state index in [9.17, 15) is 5.11 Å². The van der Waals surface area contributed by atoms with E-state index >= 15 is 0 Å². The first-order valence-electron chi connectivity index (χ1n) is 8.59. The fraction of sp³-hybridized carbons (Fsp3) is 0.304. The lowest BCUT2D eigenvalue weighted by Gasteiger charge is -2.18. The van der Waals surface area contributed by atoms with Gasteiger partial charge in [-0.2, -0.15) is 0 Å². The fourth-order valence-electron chi connectivity index (χ4n) is 2.85. The number of phenols is 1. The Labute approximate surface area is 151 Å². The zero-order valence-corrected chi connectivity index (χ0v) is 15.5. The quantitative estimate of drug-likeness (QED) is 0.721. The Hall–Kier alpha value is -2.50. The third-order valence-electron chi connectivity index (χ3n) is 4.40. The highest BCUT2D eigenvalue weighted by Crippen LogP contribution is 2.37. The molecule has 0 aliphatic carbocycles. The highest BCUT2D eigenvalue weighted by molar-refractivity contribution is 5.83. The SMILES string of the molecule is C=C(C)c1ccc(C#CCOC)cc1-c1ccc(O)cc1C(C)CC. The summed E-state index contributed by atoms with van der Waals surface area (Å²) in [7, 11) is 1.64. The molecule has 2 aromatic carbocycles. The molecule has 0 heterocycles. The number of rotatable bonds is 5. The molecule has 0 saturated carbocycles. The second kappa shape index (κ2) is 8.55. The van der Waals surface area contributed by atoms with E-state index in [4.69, 9.17) is 4.74 Å². The number of hydrogen-bond donors (Lipinski definition) is 1. The number of ether oxygens (including phenoxy) is 1. The molecule has 2 rings (SSSR count). The lowest BCUT2D eigenvalue weighted by atomic mass is 9.86. The average Bonchev–Trinajstić information content (AvgIpc) is 2.61. The van der Waals surface area contributed by atoms with Crippen LogP contribution in [0.1, 0.15) is 49.8 Å². The van der Waals surface area contributed by atoms with Gasteiger partial charge in [0, 0.05) is 12.7 Å². The summed E-state index contributed by atoms with van der Waals surface area (Å²) in [5.74, 6) is 6.79. The number of hydrogen-bond acceptors (Lipinski definition) is 2. The second-order valence-electron chi connectivity index (χ2n) is 6.36. The Bertz CT molecular complexity index is 822. The molecule has 0 amide bonds. The average molecular weight is 334 g/mol. The van der Waals surface area contributed by atoms with Gasteiger partial charge in [-0.3, -0.25) is 0 Å². The van der Waals surface area contributed by atoms with Gasteiger partial charge in [0.15, 0.2) is 0 Å². The van der Waals surface area contributed by atoms with Crippen molar-refractivity contribution in [2.45, 2.75) is 33.1 Å². The van der Waals surface area contributed by atoms with E-state index in [1.54, 1.807) is 13.2 Å². The minimum Gasteiger partial charge on any atom is -0.508 e. The van der Waals surface area contributed by atoms with Gasteiger partial charge in [-0.05, 0) is 65.8 Å². The molecule has 1 atom stereocenters. The van der Waals surface area contributed by atoms with Crippen molar-refractivity contribution in [1.82, 2.24) is 0 Å². The standard InChI is InChI=1S/C23H26O2/c1-6-17(4)22-15-19(24)10-12-21(22)23-14-18(8-7-13-25-5)9-11-20(23)16(2)3/h9-12,14-15,17,24H,2,6,13H2,1,3-5H3. The first-order valence-corrected chi connectivity index (χ1v) is 8.59. The van der Waals surface area contributed by atoms with Gasteiger partial charge in [-0.25, -0.2) is 0 Å². The van der Waals surface area contributed by atoms with Crippen molar-refractivity contribution in [3.63, 3.8) is 0 Å². The van der Waals surface area contributed by atoms with Crippen LogP contribution >= 0.6 is 0 Å². The van der Waals surface area contributed by atoms with Gasteiger partial charge in [0.1, 0.15) is 12.4 Å². The molecule has 1 unspecified atom stereocenters. The van der Waals surface area contributed by atoms with Crippen LogP contribution < -0.4 is 0 Å². The van der Waals surface area contributed by atoms with Crippen LogP contribution in [0.2, 0.25) is 0 Å². The maximum Gasteiger partial charge on any atom is 0.115 e. The molecule has 0 aromatic heterocycles. The highest BCUT2D eigenvalue weighted by Gasteiger charge is 2.15. The summed E-state index contributed by atoms with van der Waals surface area (Å²) in [6.45, 7) is 10.9. The van der Waals surface area contributed by atoms with Crippen molar-refractivity contribution >= 4 is 5.57 Å². The third-order valence-corrected chi connectivity index (χ3v) is 4.40. The second-order valence-corrected chi connectivity index (χ2v) is 6.36. The van der Waals surface area contributed by atoms with Crippen LogP contribution in [0.3, 0.4) is 0 Å². The predicted octanol–water partition coefficient (Wildman–Crippen LogP) is 5.60. The molecular weight excluding hydrogens is 308 g/mol. The highest BCUT2D eigenvalue weighted by atomic mass is 16.5. The van der Waals surface area contributed by atoms with Gasteiger partial charge in [0.25, 0.3) is 0 Å². The zero-order valence-electron chi connectivity index (χ0n) is 15.5. The molecule has 0 aliphatic heterocycles. The van der Waals surface area contributed by atoms with Crippen LogP contribution in [0, 0.1) is 11.8 Å². The van der Waals surface area contributed by atoms with E-state index in [1.165, 1.54) is 0 Å². The maximum atomic E-state index is 9.95. The summed E-state index contributed by atoms with van der Waals surface area (Å²) < 4.78 is 5.00. The van der Waals surface area contributed by atoms with Gasteiger partial charge in [0.2, 0.25) is 0 Å². The molecule has 0 bridgehead atoms. The lowest BCUT2D eigenvalue weighted by molar-refractivity contribution is 0.240. The molecule has 0 fully saturated rings. The normalized spacial score (nSPS) is 11.5. The summed E-state index contributed by atoms with van der Waals surface area (Å²) >= 11 is 0. The van der Waals surface area contributed by atoms with Crippen molar-refractivity contribution in [1.29, 1.82) is 0 Å². The van der Waals surface area contributed by atoms with E-state index in [0.29, 0.717) is 18.3 Å². The number of methoxy groups -OCH3 is 1. The van der Waals surface area contributed by atoms with Gasteiger partial charge in [-0.15, -0.1) is 0 Å². The van der Waals surface area contributed by atoms with Crippen molar-refractivity contribution in [3.05, 3.63) is 59.7 Å². The third kappa shape index (κ3) is 4.53. The van der Waals surface area contributed by atoms with Crippen molar-refractivity contribution in [3.8, 4) is 28.7 Å². The summed E-state index contributed by atoms with van der Waals surface area (Å²) in [6.07, 6.45) is 1.01. The maximum absolute atomic E-state index is 9.95. The van der Waals surface area contributed by atoms with Gasteiger partial charge >= 0.3 is 0 Å². The van der Waals surface area contributed by atoms with E-state index in [0.717, 1.165) is 39.8 Å². The minimum atomic E-state index is 0.298. The molecule has 130 valence electrons. The van der Waals surface area contributed by atoms with Crippen LogP contribution in [-0.4, -0.2) is 18.8 Å². The van der Waals surface area contributed by atoms with Crippen molar-refractivity contribution < 1.29 is 9.84 Å². The minimum absolute atomic E-state index is 0.298. The number of phenolic OH excluding ortho intramolecular Hbond substituents is 1. The van der Waals surface area contributed by atoms with E-state index in [-0.39, 0.29) is 0 Å². The molecule has 0 spiro atoms. The van der Waals surface area contributed by atoms with Crippen LogP contribution in [0.25, 0.3) is 16.7 Å².